The van der Waals surface area contributed by atoms with Crippen molar-refractivity contribution in [1.29, 1.82) is 0 Å². The van der Waals surface area contributed by atoms with Gasteiger partial charge in [-0.1, -0.05) is 36.9 Å². The molecule has 1 aliphatic rings. The second kappa shape index (κ2) is 7.63. The van der Waals surface area contributed by atoms with Crippen LogP contribution in [0, 0.1) is 0 Å². The number of para-hydroxylation sites is 1. The molecule has 7 heteroatoms. The maximum absolute atomic E-state index is 11.7. The average Bonchev–Trinajstić information content (AvgIpc) is 3.40. The molecule has 0 bridgehead atoms. The predicted molar refractivity (Wildman–Crippen MR) is 102 cm³/mol. The molecule has 0 aliphatic carbocycles. The van der Waals surface area contributed by atoms with Crippen molar-refractivity contribution in [3.05, 3.63) is 30.5 Å². The minimum Gasteiger partial charge on any atom is -0.376 e. The van der Waals surface area contributed by atoms with Crippen molar-refractivity contribution in [3.63, 3.8) is 0 Å². The van der Waals surface area contributed by atoms with Crippen LogP contribution in [0.1, 0.15) is 26.2 Å². The summed E-state index contributed by atoms with van der Waals surface area (Å²) in [6, 6.07) is 8.17. The Morgan fingerprint density at radius 3 is 3.08 bits per heavy atom. The minimum absolute atomic E-state index is 0.177. The summed E-state index contributed by atoms with van der Waals surface area (Å²) in [4.78, 5) is 15.0. The van der Waals surface area contributed by atoms with Crippen LogP contribution in [0.2, 0.25) is 0 Å². The summed E-state index contributed by atoms with van der Waals surface area (Å²) in [5, 5.41) is 10.7. The number of Topliss-reactive ketones (excluding diaryl/α,β-unsaturated/α-hetero) is 1. The zero-order valence-electron chi connectivity index (χ0n) is 14.8. The van der Waals surface area contributed by atoms with E-state index in [0.717, 1.165) is 46.9 Å². The number of hydrogen-bond acceptors (Lipinski definition) is 5. The molecule has 1 aromatic carbocycles. The fraction of sp³-hybridized carbons (Fsp3) is 0.421. The number of rotatable bonds is 7. The van der Waals surface area contributed by atoms with Crippen LogP contribution in [0.3, 0.4) is 0 Å². The monoisotopic (exact) mass is 370 g/mol. The second-order valence-electron chi connectivity index (χ2n) is 6.48. The quantitative estimate of drug-likeness (QED) is 0.642. The molecule has 26 heavy (non-hydrogen) atoms. The number of nitrogens with zero attached hydrogens (tertiary/aromatic N) is 3. The van der Waals surface area contributed by atoms with Crippen molar-refractivity contribution >= 4 is 28.4 Å². The van der Waals surface area contributed by atoms with Gasteiger partial charge in [0.1, 0.15) is 5.78 Å². The number of aromatic nitrogens is 4. The van der Waals surface area contributed by atoms with Crippen LogP contribution in [0.15, 0.2) is 35.6 Å². The van der Waals surface area contributed by atoms with Gasteiger partial charge in [-0.3, -0.25) is 9.36 Å². The molecule has 0 spiro atoms. The Kier molecular flexibility index (Phi) is 5.08. The number of thioether (sulfide) groups is 1. The van der Waals surface area contributed by atoms with E-state index in [1.54, 1.807) is 0 Å². The Morgan fingerprint density at radius 2 is 2.27 bits per heavy atom. The molecular formula is C19H22N4O2S. The van der Waals surface area contributed by atoms with Crippen LogP contribution in [-0.2, 0) is 16.1 Å². The lowest BCUT2D eigenvalue weighted by Gasteiger charge is -2.14. The van der Waals surface area contributed by atoms with Crippen molar-refractivity contribution in [1.82, 2.24) is 19.7 Å². The van der Waals surface area contributed by atoms with Crippen LogP contribution in [0.25, 0.3) is 22.3 Å². The van der Waals surface area contributed by atoms with Crippen LogP contribution >= 0.6 is 11.8 Å². The van der Waals surface area contributed by atoms with Gasteiger partial charge >= 0.3 is 0 Å². The third-order valence-electron chi connectivity index (χ3n) is 4.71. The van der Waals surface area contributed by atoms with Gasteiger partial charge in [0.15, 0.2) is 11.0 Å². The highest BCUT2D eigenvalue weighted by Crippen LogP contribution is 2.31. The molecule has 1 atom stereocenters. The second-order valence-corrected chi connectivity index (χ2v) is 7.42. The van der Waals surface area contributed by atoms with E-state index in [1.165, 1.54) is 11.8 Å². The molecule has 1 unspecified atom stereocenters. The first-order valence-electron chi connectivity index (χ1n) is 9.02. The Balaban J connectivity index is 1.70. The summed E-state index contributed by atoms with van der Waals surface area (Å²) in [5.41, 5.74) is 2.10. The molecule has 0 amide bonds. The van der Waals surface area contributed by atoms with Crippen molar-refractivity contribution in [2.45, 2.75) is 44.0 Å². The molecule has 1 aliphatic heterocycles. The third kappa shape index (κ3) is 3.41. The van der Waals surface area contributed by atoms with Gasteiger partial charge in [0.05, 0.1) is 18.4 Å². The van der Waals surface area contributed by atoms with Gasteiger partial charge in [-0.25, -0.2) is 0 Å². The van der Waals surface area contributed by atoms with Crippen LogP contribution in [0.5, 0.6) is 0 Å². The lowest BCUT2D eigenvalue weighted by Crippen LogP contribution is -2.17. The third-order valence-corrected chi connectivity index (χ3v) is 5.74. The van der Waals surface area contributed by atoms with E-state index >= 15 is 0 Å². The first kappa shape index (κ1) is 17.3. The molecule has 136 valence electrons. The lowest BCUT2D eigenvalue weighted by molar-refractivity contribution is -0.116. The van der Waals surface area contributed by atoms with E-state index in [9.17, 15) is 4.79 Å². The van der Waals surface area contributed by atoms with E-state index in [4.69, 9.17) is 4.74 Å². The molecule has 2 aromatic heterocycles. The largest absolute Gasteiger partial charge is 0.376 e. The SMILES string of the molecule is CCC(=O)CSc1nnc(-c2c[nH]c3ccccc23)n1CC1CCCO1. The fourth-order valence-corrected chi connectivity index (χ4v) is 4.16. The standard InChI is InChI=1S/C19H22N4O2S/c1-2-13(24)12-26-19-22-21-18(23(19)11-14-6-5-9-25-14)16-10-20-17-8-4-3-7-15(16)17/h3-4,7-8,10,14,20H,2,5-6,9,11-12H2,1H3. The number of carbonyl (C=O) groups excluding carboxylic acids is 1. The van der Waals surface area contributed by atoms with E-state index in [0.29, 0.717) is 18.7 Å². The molecule has 1 fully saturated rings. The van der Waals surface area contributed by atoms with Crippen molar-refractivity contribution < 1.29 is 9.53 Å². The maximum atomic E-state index is 11.7. The number of hydrogen-bond donors (Lipinski definition) is 1. The minimum atomic E-state index is 0.177. The van der Waals surface area contributed by atoms with Crippen LogP contribution < -0.4 is 0 Å². The first-order valence-corrected chi connectivity index (χ1v) is 10.0. The predicted octanol–water partition coefficient (Wildman–Crippen LogP) is 3.68. The average molecular weight is 370 g/mol. The summed E-state index contributed by atoms with van der Waals surface area (Å²) >= 11 is 1.46. The van der Waals surface area contributed by atoms with E-state index < -0.39 is 0 Å². The highest BCUT2D eigenvalue weighted by molar-refractivity contribution is 7.99. The lowest BCUT2D eigenvalue weighted by atomic mass is 10.1. The van der Waals surface area contributed by atoms with Gasteiger partial charge < -0.3 is 9.72 Å². The van der Waals surface area contributed by atoms with Gasteiger partial charge in [-0.15, -0.1) is 10.2 Å². The summed E-state index contributed by atoms with van der Waals surface area (Å²) in [7, 11) is 0. The van der Waals surface area contributed by atoms with Gasteiger partial charge in [-0.05, 0) is 18.9 Å². The molecule has 1 N–H and O–H groups in total. The molecule has 3 heterocycles. The highest BCUT2D eigenvalue weighted by Gasteiger charge is 2.23. The summed E-state index contributed by atoms with van der Waals surface area (Å²) < 4.78 is 7.94. The number of carbonyl (C=O) groups is 1. The molecule has 0 saturated carbocycles. The van der Waals surface area contributed by atoms with Gasteiger partial charge in [0.2, 0.25) is 0 Å². The normalized spacial score (nSPS) is 17.2. The Hall–Kier alpha value is -2.12. The number of fused-ring (bicyclic) bond motifs is 1. The molecule has 1 saturated heterocycles. The number of nitrogens with one attached hydrogen (secondary N) is 1. The van der Waals surface area contributed by atoms with Gasteiger partial charge in [0.25, 0.3) is 0 Å². The van der Waals surface area contributed by atoms with Crippen LogP contribution in [-0.4, -0.2) is 44.0 Å². The fourth-order valence-electron chi connectivity index (χ4n) is 3.25. The maximum Gasteiger partial charge on any atom is 0.192 e. The smallest absolute Gasteiger partial charge is 0.192 e. The number of aromatic amines is 1. The molecule has 3 aromatic rings. The Labute approximate surface area is 156 Å². The first-order chi connectivity index (χ1) is 12.8. The Morgan fingerprint density at radius 1 is 1.38 bits per heavy atom. The number of ketones is 1. The topological polar surface area (TPSA) is 72.8 Å². The molecule has 0 radical (unpaired) electrons. The highest BCUT2D eigenvalue weighted by atomic mass is 32.2. The number of ether oxygens (including phenoxy) is 1. The zero-order chi connectivity index (χ0) is 17.9. The van der Waals surface area contributed by atoms with Gasteiger partial charge in [0, 0.05) is 35.7 Å². The molecule has 4 rings (SSSR count). The summed E-state index contributed by atoms with van der Waals surface area (Å²) in [6.45, 7) is 3.41. The van der Waals surface area contributed by atoms with Crippen molar-refractivity contribution in [3.8, 4) is 11.4 Å². The van der Waals surface area contributed by atoms with Crippen molar-refractivity contribution in [2.75, 3.05) is 12.4 Å². The van der Waals surface area contributed by atoms with E-state index in [2.05, 4.69) is 31.9 Å². The molecule has 6 nitrogen and oxygen atoms in total. The van der Waals surface area contributed by atoms with E-state index in [1.807, 2.05) is 25.3 Å². The van der Waals surface area contributed by atoms with Gasteiger partial charge in [-0.2, -0.15) is 0 Å². The summed E-state index contributed by atoms with van der Waals surface area (Å²) in [5.74, 6) is 1.47. The van der Waals surface area contributed by atoms with E-state index in [-0.39, 0.29) is 11.9 Å². The zero-order valence-corrected chi connectivity index (χ0v) is 15.6. The van der Waals surface area contributed by atoms with Crippen LogP contribution in [0.4, 0.5) is 0 Å². The van der Waals surface area contributed by atoms with Crippen molar-refractivity contribution in [2.24, 2.45) is 0 Å². The number of benzene rings is 1. The summed E-state index contributed by atoms with van der Waals surface area (Å²) in [6.07, 6.45) is 4.83. The number of H-pyrrole nitrogens is 1. The molecular weight excluding hydrogens is 348 g/mol. The Bertz CT molecular complexity index is 911.